The third-order valence-electron chi connectivity index (χ3n) is 3.48. The number of hydrogen-bond acceptors (Lipinski definition) is 2. The van der Waals surface area contributed by atoms with E-state index in [0.29, 0.717) is 5.02 Å². The minimum Gasteiger partial charge on any atom is -0.365 e. The van der Waals surface area contributed by atoms with Gasteiger partial charge in [-0.25, -0.2) is 4.98 Å². The Morgan fingerprint density at radius 3 is 2.50 bits per heavy atom. The van der Waals surface area contributed by atoms with Crippen molar-refractivity contribution in [2.24, 2.45) is 0 Å². The first-order chi connectivity index (χ1) is 10.3. The van der Waals surface area contributed by atoms with E-state index in [9.17, 15) is 0 Å². The number of nitrogens with one attached hydrogen (secondary N) is 1. The van der Waals surface area contributed by atoms with Crippen LogP contribution < -0.4 is 5.32 Å². The maximum atomic E-state index is 6.17. The highest BCUT2D eigenvalue weighted by molar-refractivity contribution is 6.30. The third-order valence-corrected chi connectivity index (χ3v) is 3.70. The monoisotopic (exact) mass is 313 g/mol. The normalized spacial score (nSPS) is 11.9. The highest BCUT2D eigenvalue weighted by atomic mass is 35.5. The zero-order valence-corrected chi connectivity index (χ0v) is 14.1. The molecule has 114 valence electrons. The van der Waals surface area contributed by atoms with E-state index in [0.717, 1.165) is 22.7 Å². The Morgan fingerprint density at radius 1 is 1.09 bits per heavy atom. The van der Waals surface area contributed by atoms with Gasteiger partial charge in [0.2, 0.25) is 0 Å². The van der Waals surface area contributed by atoms with Crippen molar-refractivity contribution in [3.8, 4) is 11.3 Å². The first-order valence-electron chi connectivity index (χ1n) is 7.37. The molecule has 0 radical (unpaired) electrons. The molecule has 0 amide bonds. The van der Waals surface area contributed by atoms with Gasteiger partial charge in [0, 0.05) is 17.3 Å². The number of hydrogen-bond donors (Lipinski definition) is 1. The number of imidazole rings is 1. The summed E-state index contributed by atoms with van der Waals surface area (Å²) in [6.07, 6.45) is 1.90. The van der Waals surface area contributed by atoms with Crippen LogP contribution in [0.15, 0.2) is 42.6 Å². The molecule has 22 heavy (non-hydrogen) atoms. The molecular weight excluding hydrogens is 294 g/mol. The van der Waals surface area contributed by atoms with Crippen LogP contribution in [0.3, 0.4) is 0 Å². The SMILES string of the molecule is Cc1ccccc1-c1nc2ccc(Cl)cn2c1NC(C)(C)C. The molecule has 0 bridgehead atoms. The molecule has 0 aliphatic heterocycles. The maximum Gasteiger partial charge on any atom is 0.139 e. The number of aryl methyl sites for hydroxylation is 1. The van der Waals surface area contributed by atoms with Crippen molar-refractivity contribution in [2.45, 2.75) is 33.2 Å². The zero-order chi connectivity index (χ0) is 15.9. The summed E-state index contributed by atoms with van der Waals surface area (Å²) in [5, 5.41) is 4.26. The lowest BCUT2D eigenvalue weighted by Gasteiger charge is -2.23. The van der Waals surface area contributed by atoms with E-state index in [1.807, 2.05) is 34.9 Å². The van der Waals surface area contributed by atoms with E-state index in [-0.39, 0.29) is 5.54 Å². The molecule has 0 unspecified atom stereocenters. The molecule has 0 aliphatic carbocycles. The number of anilines is 1. The Labute approximate surface area is 136 Å². The Hall–Kier alpha value is -2.00. The molecule has 0 atom stereocenters. The molecule has 0 aliphatic rings. The van der Waals surface area contributed by atoms with Crippen LogP contribution in [0.4, 0.5) is 5.82 Å². The molecule has 3 nitrogen and oxygen atoms in total. The van der Waals surface area contributed by atoms with Crippen molar-refractivity contribution in [3.05, 3.63) is 53.2 Å². The van der Waals surface area contributed by atoms with Gasteiger partial charge in [-0.3, -0.25) is 4.40 Å². The van der Waals surface area contributed by atoms with E-state index in [1.165, 1.54) is 5.56 Å². The van der Waals surface area contributed by atoms with Gasteiger partial charge in [0.1, 0.15) is 17.2 Å². The van der Waals surface area contributed by atoms with Crippen molar-refractivity contribution in [2.75, 3.05) is 5.32 Å². The van der Waals surface area contributed by atoms with Crippen molar-refractivity contribution in [1.82, 2.24) is 9.38 Å². The van der Waals surface area contributed by atoms with Gasteiger partial charge in [-0.1, -0.05) is 35.9 Å². The maximum absolute atomic E-state index is 6.17. The number of aromatic nitrogens is 2. The van der Waals surface area contributed by atoms with Gasteiger partial charge in [-0.15, -0.1) is 0 Å². The topological polar surface area (TPSA) is 29.3 Å². The van der Waals surface area contributed by atoms with Crippen LogP contribution in [0.1, 0.15) is 26.3 Å². The number of rotatable bonds is 2. The van der Waals surface area contributed by atoms with Gasteiger partial charge >= 0.3 is 0 Å². The van der Waals surface area contributed by atoms with Crippen molar-refractivity contribution in [3.63, 3.8) is 0 Å². The second-order valence-corrected chi connectivity index (χ2v) is 7.01. The standard InChI is InChI=1S/C18H20ClN3/c1-12-7-5-6-8-14(12)16-17(21-18(2,3)4)22-11-13(19)9-10-15(22)20-16/h5-11,21H,1-4H3. The van der Waals surface area contributed by atoms with E-state index in [2.05, 4.69) is 45.1 Å². The predicted octanol–water partition coefficient (Wildman–Crippen LogP) is 5.17. The highest BCUT2D eigenvalue weighted by Gasteiger charge is 2.20. The third kappa shape index (κ3) is 2.81. The minimum atomic E-state index is -0.0737. The predicted molar refractivity (Wildman–Crippen MR) is 93.8 cm³/mol. The lowest BCUT2D eigenvalue weighted by Crippen LogP contribution is -2.27. The molecule has 0 spiro atoms. The van der Waals surface area contributed by atoms with E-state index in [1.54, 1.807) is 0 Å². The molecular formula is C18H20ClN3. The minimum absolute atomic E-state index is 0.0737. The fourth-order valence-corrected chi connectivity index (χ4v) is 2.68. The largest absolute Gasteiger partial charge is 0.365 e. The summed E-state index contributed by atoms with van der Waals surface area (Å²) in [7, 11) is 0. The lowest BCUT2D eigenvalue weighted by molar-refractivity contribution is 0.629. The summed E-state index contributed by atoms with van der Waals surface area (Å²) >= 11 is 6.17. The fourth-order valence-electron chi connectivity index (χ4n) is 2.52. The van der Waals surface area contributed by atoms with Crippen LogP contribution >= 0.6 is 11.6 Å². The average molecular weight is 314 g/mol. The molecule has 0 saturated carbocycles. The summed E-state index contributed by atoms with van der Waals surface area (Å²) in [5.74, 6) is 0.972. The van der Waals surface area contributed by atoms with E-state index >= 15 is 0 Å². The molecule has 4 heteroatoms. The van der Waals surface area contributed by atoms with E-state index in [4.69, 9.17) is 16.6 Å². The Bertz CT molecular complexity index is 828. The Morgan fingerprint density at radius 2 is 1.82 bits per heavy atom. The van der Waals surface area contributed by atoms with Crippen LogP contribution in [0.5, 0.6) is 0 Å². The van der Waals surface area contributed by atoms with Gasteiger partial charge in [-0.05, 0) is 45.4 Å². The Balaban J connectivity index is 2.29. The smallest absolute Gasteiger partial charge is 0.139 e. The number of pyridine rings is 1. The lowest BCUT2D eigenvalue weighted by atomic mass is 10.0. The second kappa shape index (κ2) is 5.33. The Kier molecular flexibility index (Phi) is 3.61. The van der Waals surface area contributed by atoms with Crippen LogP contribution in [-0.2, 0) is 0 Å². The van der Waals surface area contributed by atoms with Crippen LogP contribution in [-0.4, -0.2) is 14.9 Å². The molecule has 0 saturated heterocycles. The fraction of sp³-hybridized carbons (Fsp3) is 0.278. The molecule has 2 aromatic heterocycles. The number of fused-ring (bicyclic) bond motifs is 1. The first kappa shape index (κ1) is 14.9. The van der Waals surface area contributed by atoms with Crippen LogP contribution in [0, 0.1) is 6.92 Å². The molecule has 3 rings (SSSR count). The van der Waals surface area contributed by atoms with Gasteiger partial charge in [-0.2, -0.15) is 0 Å². The number of benzene rings is 1. The molecule has 2 heterocycles. The number of nitrogens with zero attached hydrogens (tertiary/aromatic N) is 2. The second-order valence-electron chi connectivity index (χ2n) is 6.57. The summed E-state index contributed by atoms with van der Waals surface area (Å²) in [6.45, 7) is 8.52. The van der Waals surface area contributed by atoms with Gasteiger partial charge < -0.3 is 5.32 Å². The molecule has 1 aromatic carbocycles. The average Bonchev–Trinajstić information content (AvgIpc) is 2.76. The van der Waals surface area contributed by atoms with Crippen molar-refractivity contribution >= 4 is 23.1 Å². The molecule has 3 aromatic rings. The van der Waals surface area contributed by atoms with Crippen molar-refractivity contribution < 1.29 is 0 Å². The summed E-state index contributed by atoms with van der Waals surface area (Å²) in [4.78, 5) is 4.81. The molecule has 1 N–H and O–H groups in total. The summed E-state index contributed by atoms with van der Waals surface area (Å²) in [6, 6.07) is 12.1. The molecule has 0 fully saturated rings. The van der Waals surface area contributed by atoms with Crippen LogP contribution in [0.25, 0.3) is 16.9 Å². The number of halogens is 1. The van der Waals surface area contributed by atoms with Gasteiger partial charge in [0.25, 0.3) is 0 Å². The van der Waals surface area contributed by atoms with Gasteiger partial charge in [0.05, 0.1) is 5.02 Å². The summed E-state index contributed by atoms with van der Waals surface area (Å²) < 4.78 is 2.02. The summed E-state index contributed by atoms with van der Waals surface area (Å²) in [5.41, 5.74) is 4.10. The van der Waals surface area contributed by atoms with Crippen molar-refractivity contribution in [1.29, 1.82) is 0 Å². The van der Waals surface area contributed by atoms with E-state index < -0.39 is 0 Å². The quantitative estimate of drug-likeness (QED) is 0.707. The highest BCUT2D eigenvalue weighted by Crippen LogP contribution is 2.33. The van der Waals surface area contributed by atoms with Crippen LogP contribution in [0.2, 0.25) is 5.02 Å². The zero-order valence-electron chi connectivity index (χ0n) is 13.3. The first-order valence-corrected chi connectivity index (χ1v) is 7.75. The van der Waals surface area contributed by atoms with Gasteiger partial charge in [0.15, 0.2) is 0 Å².